The normalized spacial score (nSPS) is 18.6. The maximum absolute atomic E-state index is 12.9. The number of hydrogen-bond acceptors (Lipinski definition) is 4. The summed E-state index contributed by atoms with van der Waals surface area (Å²) in [6.07, 6.45) is 0.808. The molecule has 1 fully saturated rings. The second kappa shape index (κ2) is 8.50. The highest BCUT2D eigenvalue weighted by Crippen LogP contribution is 2.31. The molecule has 0 bridgehead atoms. The zero-order valence-corrected chi connectivity index (χ0v) is 16.0. The van der Waals surface area contributed by atoms with Gasteiger partial charge in [-0.1, -0.05) is 30.7 Å². The molecule has 3 rings (SSSR count). The summed E-state index contributed by atoms with van der Waals surface area (Å²) in [4.78, 5) is 22.2. The lowest BCUT2D eigenvalue weighted by Gasteiger charge is -2.33. The van der Waals surface area contributed by atoms with Crippen LogP contribution in [0.25, 0.3) is 6.08 Å². The molecule has 1 saturated heterocycles. The Morgan fingerprint density at radius 1 is 1.31 bits per heavy atom. The molecular formula is C20H21F3N4O2. The second-order valence-electron chi connectivity index (χ2n) is 6.81. The maximum atomic E-state index is 12.9. The third-order valence-electron chi connectivity index (χ3n) is 4.72. The first-order chi connectivity index (χ1) is 13.8. The summed E-state index contributed by atoms with van der Waals surface area (Å²) < 4.78 is 43.6. The lowest BCUT2D eigenvalue weighted by molar-refractivity contribution is -0.137. The number of alkyl halides is 3. The number of ether oxygens (including phenoxy) is 1. The van der Waals surface area contributed by atoms with Crippen LogP contribution in [-0.4, -0.2) is 41.1 Å². The Balaban J connectivity index is 1.64. The summed E-state index contributed by atoms with van der Waals surface area (Å²) in [6.45, 7) is 2.87. The van der Waals surface area contributed by atoms with Crippen molar-refractivity contribution in [3.05, 3.63) is 53.4 Å². The van der Waals surface area contributed by atoms with E-state index in [-0.39, 0.29) is 11.9 Å². The van der Waals surface area contributed by atoms with E-state index in [0.29, 0.717) is 36.8 Å². The summed E-state index contributed by atoms with van der Waals surface area (Å²) in [5.41, 5.74) is 0.850. The minimum absolute atomic E-state index is 0.0194. The molecule has 1 N–H and O–H groups in total. The molecule has 1 aliphatic heterocycles. The standard InChI is InChI=1S/C20H21F3N4O2/c1-13-12-27(19(28)26-17-10-25-18(29-2)11-24-17)7-6-15(13)8-14-4-3-5-16(9-14)20(21,22)23/h3-5,8-11,13H,6-7,12H2,1-2H3,(H,24,26,28)/b15-8+. The van der Waals surface area contributed by atoms with Crippen LogP contribution in [0.2, 0.25) is 0 Å². The first-order valence-electron chi connectivity index (χ1n) is 9.06. The van der Waals surface area contributed by atoms with Crippen LogP contribution in [0.3, 0.4) is 0 Å². The van der Waals surface area contributed by atoms with Crippen molar-refractivity contribution in [3.63, 3.8) is 0 Å². The fraction of sp³-hybridized carbons (Fsp3) is 0.350. The van der Waals surface area contributed by atoms with Gasteiger partial charge in [0.2, 0.25) is 5.88 Å². The number of anilines is 1. The zero-order valence-electron chi connectivity index (χ0n) is 16.0. The van der Waals surface area contributed by atoms with Crippen molar-refractivity contribution in [1.82, 2.24) is 14.9 Å². The molecule has 1 atom stereocenters. The van der Waals surface area contributed by atoms with Gasteiger partial charge in [0.05, 0.1) is 25.1 Å². The Hall–Kier alpha value is -3.10. The minimum atomic E-state index is -4.37. The number of carbonyl (C=O) groups is 1. The van der Waals surface area contributed by atoms with E-state index in [4.69, 9.17) is 4.74 Å². The number of halogens is 3. The van der Waals surface area contributed by atoms with Crippen molar-refractivity contribution in [1.29, 1.82) is 0 Å². The van der Waals surface area contributed by atoms with Gasteiger partial charge in [-0.2, -0.15) is 13.2 Å². The topological polar surface area (TPSA) is 67.3 Å². The van der Waals surface area contributed by atoms with E-state index in [9.17, 15) is 18.0 Å². The molecule has 2 amide bonds. The molecule has 1 aromatic carbocycles. The molecule has 154 valence electrons. The Morgan fingerprint density at radius 2 is 2.10 bits per heavy atom. The number of piperidine rings is 1. The Morgan fingerprint density at radius 3 is 2.72 bits per heavy atom. The van der Waals surface area contributed by atoms with Crippen LogP contribution in [-0.2, 0) is 6.18 Å². The molecule has 0 radical (unpaired) electrons. The molecule has 2 aromatic rings. The average molecular weight is 406 g/mol. The number of hydrogen-bond donors (Lipinski definition) is 1. The number of aromatic nitrogens is 2. The Labute approximate surface area is 166 Å². The number of likely N-dealkylation sites (tertiary alicyclic amines) is 1. The molecular weight excluding hydrogens is 385 g/mol. The third-order valence-corrected chi connectivity index (χ3v) is 4.72. The van der Waals surface area contributed by atoms with Crippen molar-refractivity contribution in [3.8, 4) is 5.88 Å². The second-order valence-corrected chi connectivity index (χ2v) is 6.81. The average Bonchev–Trinajstić information content (AvgIpc) is 2.69. The van der Waals surface area contributed by atoms with Crippen molar-refractivity contribution >= 4 is 17.9 Å². The third kappa shape index (κ3) is 5.24. The van der Waals surface area contributed by atoms with Gasteiger partial charge in [0.1, 0.15) is 0 Å². The van der Waals surface area contributed by atoms with Gasteiger partial charge in [0, 0.05) is 13.1 Å². The van der Waals surface area contributed by atoms with Gasteiger partial charge in [-0.05, 0) is 30.0 Å². The minimum Gasteiger partial charge on any atom is -0.480 e. The summed E-state index contributed by atoms with van der Waals surface area (Å²) in [6, 6.07) is 4.95. The van der Waals surface area contributed by atoms with Gasteiger partial charge >= 0.3 is 12.2 Å². The quantitative estimate of drug-likeness (QED) is 0.817. The fourth-order valence-electron chi connectivity index (χ4n) is 3.14. The van der Waals surface area contributed by atoms with Crippen molar-refractivity contribution in [2.24, 2.45) is 5.92 Å². The largest absolute Gasteiger partial charge is 0.480 e. The van der Waals surface area contributed by atoms with Gasteiger partial charge in [-0.25, -0.2) is 14.8 Å². The van der Waals surface area contributed by atoms with E-state index in [0.717, 1.165) is 17.7 Å². The van der Waals surface area contributed by atoms with E-state index in [1.807, 2.05) is 6.92 Å². The number of nitrogens with zero attached hydrogens (tertiary/aromatic N) is 3. The predicted octanol–water partition coefficient (Wildman–Crippen LogP) is 4.46. The molecule has 0 aliphatic carbocycles. The van der Waals surface area contributed by atoms with Crippen molar-refractivity contribution < 1.29 is 22.7 Å². The molecule has 29 heavy (non-hydrogen) atoms. The van der Waals surface area contributed by atoms with Crippen LogP contribution in [0.1, 0.15) is 24.5 Å². The summed E-state index contributed by atoms with van der Waals surface area (Å²) in [5.74, 6) is 0.679. The van der Waals surface area contributed by atoms with Crippen LogP contribution in [0.4, 0.5) is 23.8 Å². The van der Waals surface area contributed by atoms with Gasteiger partial charge in [0.15, 0.2) is 5.82 Å². The van der Waals surface area contributed by atoms with E-state index >= 15 is 0 Å². The molecule has 1 aliphatic rings. The lowest BCUT2D eigenvalue weighted by Crippen LogP contribution is -2.42. The molecule has 2 heterocycles. The van der Waals surface area contributed by atoms with Crippen LogP contribution >= 0.6 is 0 Å². The van der Waals surface area contributed by atoms with Crippen molar-refractivity contribution in [2.45, 2.75) is 19.5 Å². The predicted molar refractivity (Wildman–Crippen MR) is 102 cm³/mol. The summed E-state index contributed by atoms with van der Waals surface area (Å²) >= 11 is 0. The molecule has 1 aromatic heterocycles. The van der Waals surface area contributed by atoms with Crippen molar-refractivity contribution in [2.75, 3.05) is 25.5 Å². The molecule has 9 heteroatoms. The summed E-state index contributed by atoms with van der Waals surface area (Å²) in [7, 11) is 1.47. The first-order valence-corrected chi connectivity index (χ1v) is 9.06. The first kappa shape index (κ1) is 20.6. The van der Waals surface area contributed by atoms with E-state index in [2.05, 4.69) is 15.3 Å². The molecule has 1 unspecified atom stereocenters. The van der Waals surface area contributed by atoms with Crippen LogP contribution in [0.5, 0.6) is 5.88 Å². The Bertz CT molecular complexity index is 897. The number of amides is 2. The number of carbonyl (C=O) groups excluding carboxylic acids is 1. The van der Waals surface area contributed by atoms with E-state index < -0.39 is 11.7 Å². The van der Waals surface area contributed by atoms with Gasteiger partial charge < -0.3 is 9.64 Å². The van der Waals surface area contributed by atoms with Gasteiger partial charge in [0.25, 0.3) is 0 Å². The van der Waals surface area contributed by atoms with Crippen LogP contribution in [0.15, 0.2) is 42.2 Å². The van der Waals surface area contributed by atoms with Crippen LogP contribution in [0, 0.1) is 5.92 Å². The van der Waals surface area contributed by atoms with Gasteiger partial charge in [-0.3, -0.25) is 5.32 Å². The monoisotopic (exact) mass is 406 g/mol. The fourth-order valence-corrected chi connectivity index (χ4v) is 3.14. The van der Waals surface area contributed by atoms with Gasteiger partial charge in [-0.15, -0.1) is 0 Å². The highest BCUT2D eigenvalue weighted by molar-refractivity contribution is 5.88. The molecule has 6 nitrogen and oxygen atoms in total. The number of benzene rings is 1. The number of nitrogens with one attached hydrogen (secondary N) is 1. The number of methoxy groups -OCH3 is 1. The lowest BCUT2D eigenvalue weighted by atomic mass is 9.91. The summed E-state index contributed by atoms with van der Waals surface area (Å²) in [5, 5.41) is 2.69. The highest BCUT2D eigenvalue weighted by atomic mass is 19.4. The molecule has 0 spiro atoms. The maximum Gasteiger partial charge on any atom is 0.416 e. The highest BCUT2D eigenvalue weighted by Gasteiger charge is 2.30. The van der Waals surface area contributed by atoms with E-state index in [1.54, 1.807) is 17.0 Å². The van der Waals surface area contributed by atoms with E-state index in [1.165, 1.54) is 25.6 Å². The molecule has 0 saturated carbocycles. The SMILES string of the molecule is COc1cnc(NC(=O)N2CC/C(=C\c3cccc(C(F)(F)F)c3)C(C)C2)cn1. The smallest absolute Gasteiger partial charge is 0.416 e. The number of urea groups is 1. The number of rotatable bonds is 3. The zero-order chi connectivity index (χ0) is 21.0. The Kier molecular flexibility index (Phi) is 6.05. The van der Waals surface area contributed by atoms with Crippen LogP contribution < -0.4 is 10.1 Å².